The predicted molar refractivity (Wildman–Crippen MR) is 200 cm³/mol. The van der Waals surface area contributed by atoms with Gasteiger partial charge in [-0.1, -0.05) is 136 Å². The van der Waals surface area contributed by atoms with Crippen LogP contribution in [0.5, 0.6) is 0 Å². The second kappa shape index (κ2) is 10.2. The zero-order valence-corrected chi connectivity index (χ0v) is 27.6. The Balaban J connectivity index is 1.22. The maximum atomic E-state index is 2.47. The van der Waals surface area contributed by atoms with Crippen molar-refractivity contribution in [2.24, 2.45) is 0 Å². The van der Waals surface area contributed by atoms with Gasteiger partial charge in [0.1, 0.15) is 0 Å². The number of nitrogens with zero attached hydrogens (tertiary/aromatic N) is 1. The minimum absolute atomic E-state index is 0.0108. The van der Waals surface area contributed by atoms with Crippen molar-refractivity contribution in [1.29, 1.82) is 0 Å². The molecule has 1 nitrogen and oxygen atoms in total. The average Bonchev–Trinajstić information content (AvgIpc) is 3.48. The van der Waals surface area contributed by atoms with Crippen molar-refractivity contribution >= 4 is 33.4 Å². The second-order valence-electron chi connectivity index (χ2n) is 14.5. The number of benzene rings is 6. The first kappa shape index (κ1) is 28.1. The van der Waals surface area contributed by atoms with Crippen LogP contribution in [0.25, 0.3) is 38.6 Å². The molecule has 0 saturated heterocycles. The molecule has 0 N–H and O–H groups in total. The molecule has 0 unspecified atom stereocenters. The van der Waals surface area contributed by atoms with Crippen molar-refractivity contribution in [2.75, 3.05) is 4.90 Å². The summed E-state index contributed by atoms with van der Waals surface area (Å²) < 4.78 is 0. The fraction of sp³-hybridized carbons (Fsp3) is 0.174. The molecule has 0 spiro atoms. The Morgan fingerprint density at radius 1 is 0.532 bits per heavy atom. The molecule has 228 valence electrons. The Kier molecular flexibility index (Phi) is 6.09. The van der Waals surface area contributed by atoms with E-state index < -0.39 is 0 Å². The molecule has 0 amide bonds. The van der Waals surface area contributed by atoms with Gasteiger partial charge in [0.25, 0.3) is 0 Å². The highest BCUT2D eigenvalue weighted by atomic mass is 15.1. The molecule has 0 bridgehead atoms. The van der Waals surface area contributed by atoms with E-state index in [1.165, 1.54) is 72.2 Å². The molecule has 3 aliphatic carbocycles. The molecule has 0 radical (unpaired) electrons. The molecule has 6 aromatic carbocycles. The lowest BCUT2D eigenvalue weighted by Gasteiger charge is -2.30. The van der Waals surface area contributed by atoms with Gasteiger partial charge in [-0.15, -0.1) is 0 Å². The van der Waals surface area contributed by atoms with E-state index in [9.17, 15) is 0 Å². The molecule has 0 aliphatic heterocycles. The fourth-order valence-electron chi connectivity index (χ4n) is 8.67. The highest BCUT2D eigenvalue weighted by molar-refractivity contribution is 6.03. The summed E-state index contributed by atoms with van der Waals surface area (Å²) in [6.45, 7) is 9.60. The van der Waals surface area contributed by atoms with Crippen LogP contribution in [0.1, 0.15) is 62.8 Å². The molecule has 1 heteroatoms. The van der Waals surface area contributed by atoms with Crippen molar-refractivity contribution in [3.05, 3.63) is 167 Å². The SMILES string of the molecule is CC1(C)C2=C(C=CCC2)c2ccc(N(c3ccc(-c4ccccc4)cc3)c3ccc4c(c3)C(C)(C)c3ccc5ccccc5c3-4)cc21. The van der Waals surface area contributed by atoms with Crippen LogP contribution in [0.15, 0.2) is 145 Å². The van der Waals surface area contributed by atoms with Crippen molar-refractivity contribution in [3.63, 3.8) is 0 Å². The minimum Gasteiger partial charge on any atom is -0.310 e. The van der Waals surface area contributed by atoms with Gasteiger partial charge in [-0.3, -0.25) is 0 Å². The van der Waals surface area contributed by atoms with E-state index in [0.29, 0.717) is 0 Å². The van der Waals surface area contributed by atoms with Crippen LogP contribution in [0.4, 0.5) is 17.1 Å². The van der Waals surface area contributed by atoms with Crippen LogP contribution in [0.2, 0.25) is 0 Å². The van der Waals surface area contributed by atoms with E-state index in [1.807, 2.05) is 0 Å². The highest BCUT2D eigenvalue weighted by Gasteiger charge is 2.39. The van der Waals surface area contributed by atoms with Gasteiger partial charge in [-0.2, -0.15) is 0 Å². The molecule has 0 fully saturated rings. The van der Waals surface area contributed by atoms with E-state index in [0.717, 1.165) is 18.5 Å². The Hall–Kier alpha value is -5.14. The summed E-state index contributed by atoms with van der Waals surface area (Å²) in [6.07, 6.45) is 6.97. The van der Waals surface area contributed by atoms with Crippen molar-refractivity contribution < 1.29 is 0 Å². The van der Waals surface area contributed by atoms with Crippen LogP contribution in [0.3, 0.4) is 0 Å². The Morgan fingerprint density at radius 3 is 1.94 bits per heavy atom. The molecule has 0 saturated carbocycles. The lowest BCUT2D eigenvalue weighted by Crippen LogP contribution is -2.19. The number of fused-ring (bicyclic) bond motifs is 7. The molecular formula is C46H39N. The lowest BCUT2D eigenvalue weighted by atomic mass is 9.78. The third-order valence-corrected chi connectivity index (χ3v) is 11.2. The number of anilines is 3. The topological polar surface area (TPSA) is 3.24 Å². The maximum absolute atomic E-state index is 2.47. The summed E-state index contributed by atoms with van der Waals surface area (Å²) in [7, 11) is 0. The second-order valence-corrected chi connectivity index (χ2v) is 14.5. The molecule has 9 rings (SSSR count). The Morgan fingerprint density at radius 2 is 1.17 bits per heavy atom. The van der Waals surface area contributed by atoms with Crippen LogP contribution in [-0.4, -0.2) is 0 Å². The van der Waals surface area contributed by atoms with Gasteiger partial charge in [0.05, 0.1) is 0 Å². The summed E-state index contributed by atoms with van der Waals surface area (Å²) in [5.74, 6) is 0. The zero-order chi connectivity index (χ0) is 31.9. The molecule has 3 aliphatic rings. The third-order valence-electron chi connectivity index (χ3n) is 11.2. The van der Waals surface area contributed by atoms with Crippen molar-refractivity contribution in [2.45, 2.75) is 51.4 Å². The van der Waals surface area contributed by atoms with Gasteiger partial charge < -0.3 is 4.90 Å². The van der Waals surface area contributed by atoms with Crippen LogP contribution < -0.4 is 4.90 Å². The van der Waals surface area contributed by atoms with E-state index in [4.69, 9.17) is 0 Å². The molecule has 47 heavy (non-hydrogen) atoms. The first-order chi connectivity index (χ1) is 22.8. The quantitative estimate of drug-likeness (QED) is 0.193. The predicted octanol–water partition coefficient (Wildman–Crippen LogP) is 12.7. The monoisotopic (exact) mass is 605 g/mol. The third kappa shape index (κ3) is 4.16. The first-order valence-corrected chi connectivity index (χ1v) is 17.0. The smallest absolute Gasteiger partial charge is 0.0465 e. The molecule has 0 heterocycles. The van der Waals surface area contributed by atoms with Gasteiger partial charge in [0.2, 0.25) is 0 Å². The average molecular weight is 606 g/mol. The molecule has 6 aromatic rings. The normalized spacial score (nSPS) is 16.5. The Bertz CT molecular complexity index is 2280. The van der Waals surface area contributed by atoms with Gasteiger partial charge >= 0.3 is 0 Å². The highest BCUT2D eigenvalue weighted by Crippen LogP contribution is 2.54. The van der Waals surface area contributed by atoms with Gasteiger partial charge in [-0.25, -0.2) is 0 Å². The van der Waals surface area contributed by atoms with Crippen LogP contribution in [-0.2, 0) is 10.8 Å². The van der Waals surface area contributed by atoms with Crippen LogP contribution in [0, 0.1) is 0 Å². The number of rotatable bonds is 4. The minimum atomic E-state index is -0.108. The van der Waals surface area contributed by atoms with E-state index in [2.05, 4.69) is 172 Å². The number of hydrogen-bond donors (Lipinski definition) is 0. The largest absolute Gasteiger partial charge is 0.310 e. The summed E-state index contributed by atoms with van der Waals surface area (Å²) >= 11 is 0. The summed E-state index contributed by atoms with van der Waals surface area (Å²) in [5, 5.41) is 2.63. The zero-order valence-electron chi connectivity index (χ0n) is 27.6. The lowest BCUT2D eigenvalue weighted by molar-refractivity contribution is 0.607. The standard InChI is InChI=1S/C46H39N/c1-45(2)40-17-11-10-16-37(40)38-25-23-34(28-42(38)45)47(33-21-18-31(19-22-33)30-12-6-5-7-13-30)35-24-26-39-43(29-35)46(3,4)41-27-20-32-14-8-9-15-36(32)44(39)41/h5-10,12-16,18-29H,11,17H2,1-4H3. The van der Waals surface area contributed by atoms with Crippen LogP contribution >= 0.6 is 0 Å². The summed E-state index contributed by atoms with van der Waals surface area (Å²) in [4.78, 5) is 2.47. The van der Waals surface area contributed by atoms with Gasteiger partial charge in [0, 0.05) is 27.9 Å². The molecule has 0 aromatic heterocycles. The van der Waals surface area contributed by atoms with E-state index in [-0.39, 0.29) is 10.8 Å². The van der Waals surface area contributed by atoms with Gasteiger partial charge in [0.15, 0.2) is 0 Å². The molecule has 0 atom stereocenters. The number of allylic oxidation sites excluding steroid dienone is 4. The van der Waals surface area contributed by atoms with Gasteiger partial charge in [-0.05, 0) is 110 Å². The summed E-state index contributed by atoms with van der Waals surface area (Å²) in [5.41, 5.74) is 17.3. The maximum Gasteiger partial charge on any atom is 0.0465 e. The summed E-state index contributed by atoms with van der Waals surface area (Å²) in [6, 6.07) is 47.5. The van der Waals surface area contributed by atoms with Crippen molar-refractivity contribution in [1.82, 2.24) is 0 Å². The first-order valence-electron chi connectivity index (χ1n) is 17.0. The fourth-order valence-corrected chi connectivity index (χ4v) is 8.67. The number of hydrogen-bond acceptors (Lipinski definition) is 1. The van der Waals surface area contributed by atoms with E-state index >= 15 is 0 Å². The Labute approximate surface area is 278 Å². The van der Waals surface area contributed by atoms with E-state index in [1.54, 1.807) is 5.57 Å². The van der Waals surface area contributed by atoms with Crippen molar-refractivity contribution in [3.8, 4) is 22.3 Å². The molecular weight excluding hydrogens is 567 g/mol.